The molecular formula is C23H28O2. The summed E-state index contributed by atoms with van der Waals surface area (Å²) in [5.74, 6) is -0.900. The minimum atomic E-state index is -0.900. The molecule has 0 bridgehead atoms. The van der Waals surface area contributed by atoms with Crippen LogP contribution in [0.25, 0.3) is 12.2 Å². The van der Waals surface area contributed by atoms with E-state index in [1.54, 1.807) is 12.1 Å². The van der Waals surface area contributed by atoms with Gasteiger partial charge in [-0.1, -0.05) is 84.0 Å². The van der Waals surface area contributed by atoms with E-state index in [4.69, 9.17) is 5.11 Å². The highest BCUT2D eigenvalue weighted by Crippen LogP contribution is 2.30. The first-order valence-corrected chi connectivity index (χ1v) is 8.64. The molecule has 1 N–H and O–H groups in total. The second-order valence-corrected chi connectivity index (χ2v) is 8.60. The van der Waals surface area contributed by atoms with E-state index >= 15 is 0 Å². The van der Waals surface area contributed by atoms with Crippen molar-refractivity contribution in [1.29, 1.82) is 0 Å². The van der Waals surface area contributed by atoms with E-state index in [1.807, 2.05) is 18.2 Å². The molecule has 0 aliphatic rings. The van der Waals surface area contributed by atoms with Crippen molar-refractivity contribution in [2.24, 2.45) is 0 Å². The maximum Gasteiger partial charge on any atom is 0.335 e. The number of hydrogen-bond donors (Lipinski definition) is 1. The highest BCUT2D eigenvalue weighted by Gasteiger charge is 2.19. The Hall–Kier alpha value is -2.35. The van der Waals surface area contributed by atoms with Crippen LogP contribution in [0.15, 0.2) is 42.5 Å². The second-order valence-electron chi connectivity index (χ2n) is 8.60. The van der Waals surface area contributed by atoms with Crippen LogP contribution in [0.3, 0.4) is 0 Å². The molecule has 2 rings (SSSR count). The van der Waals surface area contributed by atoms with Crippen LogP contribution in [0.2, 0.25) is 0 Å². The van der Waals surface area contributed by atoms with Gasteiger partial charge in [0.1, 0.15) is 0 Å². The first kappa shape index (κ1) is 19.0. The van der Waals surface area contributed by atoms with Gasteiger partial charge in [0.05, 0.1) is 5.56 Å². The van der Waals surface area contributed by atoms with E-state index in [0.29, 0.717) is 5.56 Å². The van der Waals surface area contributed by atoms with Gasteiger partial charge in [-0.3, -0.25) is 0 Å². The Bertz CT molecular complexity index is 750. The highest BCUT2D eigenvalue weighted by atomic mass is 16.4. The number of carboxylic acids is 1. The molecule has 2 heteroatoms. The number of aromatic carboxylic acids is 1. The van der Waals surface area contributed by atoms with Crippen molar-refractivity contribution in [1.82, 2.24) is 0 Å². The van der Waals surface area contributed by atoms with Gasteiger partial charge in [0.25, 0.3) is 0 Å². The van der Waals surface area contributed by atoms with Gasteiger partial charge in [0.15, 0.2) is 0 Å². The number of rotatable bonds is 3. The van der Waals surface area contributed by atoms with Gasteiger partial charge in [-0.25, -0.2) is 4.79 Å². The first-order chi connectivity index (χ1) is 11.5. The van der Waals surface area contributed by atoms with E-state index in [0.717, 1.165) is 5.56 Å². The van der Waals surface area contributed by atoms with E-state index in [1.165, 1.54) is 16.7 Å². The van der Waals surface area contributed by atoms with Crippen molar-refractivity contribution in [2.75, 3.05) is 0 Å². The topological polar surface area (TPSA) is 37.3 Å². The quantitative estimate of drug-likeness (QED) is 0.682. The molecule has 0 amide bonds. The maximum atomic E-state index is 10.9. The lowest BCUT2D eigenvalue weighted by Gasteiger charge is -2.25. The number of carbonyl (C=O) groups is 1. The molecule has 2 aromatic carbocycles. The fourth-order valence-corrected chi connectivity index (χ4v) is 2.54. The third-order valence-electron chi connectivity index (χ3n) is 4.31. The van der Waals surface area contributed by atoms with Crippen molar-refractivity contribution >= 4 is 18.1 Å². The fourth-order valence-electron chi connectivity index (χ4n) is 2.54. The summed E-state index contributed by atoms with van der Waals surface area (Å²) in [6.07, 6.45) is 4.13. The van der Waals surface area contributed by atoms with E-state index in [9.17, 15) is 4.79 Å². The molecule has 0 fully saturated rings. The second kappa shape index (κ2) is 6.87. The van der Waals surface area contributed by atoms with Gasteiger partial charge in [-0.05, 0) is 45.2 Å². The molecule has 0 saturated carbocycles. The van der Waals surface area contributed by atoms with E-state index in [-0.39, 0.29) is 10.8 Å². The molecule has 132 valence electrons. The maximum absolute atomic E-state index is 10.9. The monoisotopic (exact) mass is 336 g/mol. The van der Waals surface area contributed by atoms with Crippen molar-refractivity contribution in [3.05, 3.63) is 70.3 Å². The Morgan fingerprint density at radius 2 is 1.20 bits per heavy atom. The molecule has 0 aromatic heterocycles. The Kier molecular flexibility index (Phi) is 5.22. The molecule has 25 heavy (non-hydrogen) atoms. The van der Waals surface area contributed by atoms with Gasteiger partial charge >= 0.3 is 5.97 Å². The molecule has 0 spiro atoms. The predicted octanol–water partition coefficient (Wildman–Crippen LogP) is 6.15. The van der Waals surface area contributed by atoms with Crippen LogP contribution in [0.4, 0.5) is 0 Å². The van der Waals surface area contributed by atoms with Gasteiger partial charge in [-0.15, -0.1) is 0 Å². The summed E-state index contributed by atoms with van der Waals surface area (Å²) in [6, 6.07) is 13.7. The SMILES string of the molecule is CC(C)(C)c1cc(/C=C/c2ccc(C(=O)O)cc2)cc(C(C)(C)C)c1. The zero-order chi connectivity index (χ0) is 18.8. The number of carboxylic acid groups (broad SMARTS) is 1. The zero-order valence-corrected chi connectivity index (χ0v) is 16.1. The molecule has 0 atom stereocenters. The van der Waals surface area contributed by atoms with Crippen LogP contribution >= 0.6 is 0 Å². The predicted molar refractivity (Wildman–Crippen MR) is 106 cm³/mol. The van der Waals surface area contributed by atoms with Gasteiger partial charge in [-0.2, -0.15) is 0 Å². The molecule has 2 nitrogen and oxygen atoms in total. The van der Waals surface area contributed by atoms with Crippen molar-refractivity contribution in [3.63, 3.8) is 0 Å². The summed E-state index contributed by atoms with van der Waals surface area (Å²) in [5, 5.41) is 8.98. The molecule has 0 unspecified atom stereocenters. The fraction of sp³-hybridized carbons (Fsp3) is 0.348. The third kappa shape index (κ3) is 5.06. The van der Waals surface area contributed by atoms with Crippen molar-refractivity contribution in [3.8, 4) is 0 Å². The van der Waals surface area contributed by atoms with Gasteiger partial charge in [0.2, 0.25) is 0 Å². The molecule has 0 aliphatic heterocycles. The normalized spacial score (nSPS) is 12.6. The lowest BCUT2D eigenvalue weighted by atomic mass is 9.79. The molecule has 0 radical (unpaired) electrons. The third-order valence-corrected chi connectivity index (χ3v) is 4.31. The van der Waals surface area contributed by atoms with E-state index in [2.05, 4.69) is 65.8 Å². The smallest absolute Gasteiger partial charge is 0.335 e. The Morgan fingerprint density at radius 3 is 1.60 bits per heavy atom. The molecular weight excluding hydrogens is 308 g/mol. The van der Waals surface area contributed by atoms with Crippen LogP contribution in [0.5, 0.6) is 0 Å². The summed E-state index contributed by atoms with van der Waals surface area (Å²) in [4.78, 5) is 10.9. The summed E-state index contributed by atoms with van der Waals surface area (Å²) in [5.41, 5.74) is 5.28. The van der Waals surface area contributed by atoms with Crippen LogP contribution in [0, 0.1) is 0 Å². The summed E-state index contributed by atoms with van der Waals surface area (Å²) >= 11 is 0. The van der Waals surface area contributed by atoms with E-state index < -0.39 is 5.97 Å². The van der Waals surface area contributed by atoms with Gasteiger partial charge in [0, 0.05) is 0 Å². The standard InChI is InChI=1S/C23H28O2/c1-22(2,3)19-13-17(14-20(15-19)23(4,5)6)8-7-16-9-11-18(12-10-16)21(24)25/h7-15H,1-6H3,(H,24,25)/b8-7+. The summed E-state index contributed by atoms with van der Waals surface area (Å²) in [7, 11) is 0. The minimum absolute atomic E-state index is 0.0903. The number of benzene rings is 2. The first-order valence-electron chi connectivity index (χ1n) is 8.64. The molecule has 0 aliphatic carbocycles. The van der Waals surface area contributed by atoms with Crippen LogP contribution < -0.4 is 0 Å². The van der Waals surface area contributed by atoms with Crippen molar-refractivity contribution in [2.45, 2.75) is 52.4 Å². The molecule has 2 aromatic rings. The minimum Gasteiger partial charge on any atom is -0.478 e. The average molecular weight is 336 g/mol. The van der Waals surface area contributed by atoms with Crippen LogP contribution in [0.1, 0.15) is 74.2 Å². The molecule has 0 heterocycles. The average Bonchev–Trinajstić information content (AvgIpc) is 2.51. The van der Waals surface area contributed by atoms with Gasteiger partial charge < -0.3 is 5.11 Å². The highest BCUT2D eigenvalue weighted by molar-refractivity contribution is 5.88. The largest absolute Gasteiger partial charge is 0.478 e. The van der Waals surface area contributed by atoms with Crippen molar-refractivity contribution < 1.29 is 9.90 Å². The lowest BCUT2D eigenvalue weighted by Crippen LogP contribution is -2.16. The lowest BCUT2D eigenvalue weighted by molar-refractivity contribution is 0.0697. The summed E-state index contributed by atoms with van der Waals surface area (Å²) in [6.45, 7) is 13.4. The Morgan fingerprint density at radius 1 is 0.760 bits per heavy atom. The number of hydrogen-bond acceptors (Lipinski definition) is 1. The van der Waals surface area contributed by atoms with Crippen LogP contribution in [-0.2, 0) is 10.8 Å². The zero-order valence-electron chi connectivity index (χ0n) is 16.1. The Labute approximate surface area is 151 Å². The van der Waals surface area contributed by atoms with Crippen LogP contribution in [-0.4, -0.2) is 11.1 Å². The summed E-state index contributed by atoms with van der Waals surface area (Å²) < 4.78 is 0. The molecule has 0 saturated heterocycles. The Balaban J connectivity index is 2.39.